The number of piperidine rings is 1. The molecule has 3 atom stereocenters. The van der Waals surface area contributed by atoms with Gasteiger partial charge < -0.3 is 20.5 Å². The van der Waals surface area contributed by atoms with Crippen LogP contribution in [0.4, 0.5) is 0 Å². The molecule has 1 aromatic heterocycles. The second-order valence-corrected chi connectivity index (χ2v) is 10.9. The summed E-state index contributed by atoms with van der Waals surface area (Å²) in [5.41, 5.74) is 8.75. The number of ether oxygens (including phenoxy) is 1. The number of nitrogens with two attached hydrogens (primary N) is 1. The summed E-state index contributed by atoms with van der Waals surface area (Å²) < 4.78 is 5.41. The number of likely N-dealkylation sites (tertiary alicyclic amines) is 1. The first kappa shape index (κ1) is 23.8. The molecule has 1 aliphatic carbocycles. The van der Waals surface area contributed by atoms with E-state index < -0.39 is 0 Å². The molecule has 1 aromatic carbocycles. The van der Waals surface area contributed by atoms with Crippen molar-refractivity contribution in [2.24, 2.45) is 17.6 Å². The van der Waals surface area contributed by atoms with Crippen LogP contribution < -0.4 is 10.5 Å². The summed E-state index contributed by atoms with van der Waals surface area (Å²) in [4.78, 5) is 7.05. The number of hydrogen-bond acceptors (Lipinski definition) is 6. The van der Waals surface area contributed by atoms with Crippen LogP contribution in [0, 0.1) is 11.8 Å². The van der Waals surface area contributed by atoms with Gasteiger partial charge in [0.25, 0.3) is 0 Å². The Kier molecular flexibility index (Phi) is 8.69. The van der Waals surface area contributed by atoms with Crippen molar-refractivity contribution in [3.8, 4) is 5.75 Å². The van der Waals surface area contributed by atoms with E-state index in [4.69, 9.17) is 10.5 Å². The topological polar surface area (TPSA) is 71.6 Å². The number of aromatic nitrogens is 1. The maximum atomic E-state index is 10.1. The molecule has 6 heteroatoms. The van der Waals surface area contributed by atoms with Gasteiger partial charge in [0.05, 0.1) is 12.6 Å². The molecular formula is C26H39N3O2S. The van der Waals surface area contributed by atoms with E-state index in [0.29, 0.717) is 11.8 Å². The Labute approximate surface area is 197 Å². The molecule has 1 saturated heterocycles. The van der Waals surface area contributed by atoms with Crippen LogP contribution in [0.1, 0.15) is 56.6 Å². The fourth-order valence-corrected chi connectivity index (χ4v) is 6.86. The Morgan fingerprint density at radius 3 is 2.84 bits per heavy atom. The highest BCUT2D eigenvalue weighted by molar-refractivity contribution is 7.99. The second-order valence-electron chi connectivity index (χ2n) is 9.54. The van der Waals surface area contributed by atoms with Crippen LogP contribution in [0.3, 0.4) is 0 Å². The van der Waals surface area contributed by atoms with E-state index in [-0.39, 0.29) is 12.6 Å². The number of pyridine rings is 1. The average Bonchev–Trinajstić information content (AvgIpc) is 3.35. The zero-order valence-electron chi connectivity index (χ0n) is 19.4. The number of aliphatic hydroxyl groups excluding tert-OH is 1. The summed E-state index contributed by atoms with van der Waals surface area (Å²) >= 11 is 2.17. The van der Waals surface area contributed by atoms with Crippen molar-refractivity contribution >= 4 is 22.7 Å². The highest BCUT2D eigenvalue weighted by Gasteiger charge is 2.29. The van der Waals surface area contributed by atoms with Gasteiger partial charge in [-0.15, -0.1) is 0 Å². The summed E-state index contributed by atoms with van der Waals surface area (Å²) in [6, 6.07) is 7.98. The minimum absolute atomic E-state index is 0.0345. The first-order valence-corrected chi connectivity index (χ1v) is 13.4. The minimum atomic E-state index is -0.0345. The van der Waals surface area contributed by atoms with E-state index in [1.54, 1.807) is 7.11 Å². The molecule has 32 heavy (non-hydrogen) atoms. The van der Waals surface area contributed by atoms with Crippen molar-refractivity contribution < 1.29 is 9.84 Å². The number of aliphatic hydroxyl groups is 1. The molecule has 2 heterocycles. The van der Waals surface area contributed by atoms with E-state index in [0.717, 1.165) is 66.4 Å². The van der Waals surface area contributed by atoms with Crippen molar-refractivity contribution in [2.45, 2.75) is 56.2 Å². The molecule has 5 nitrogen and oxygen atoms in total. The monoisotopic (exact) mass is 457 g/mol. The molecule has 176 valence electrons. The van der Waals surface area contributed by atoms with E-state index in [9.17, 15) is 5.11 Å². The molecule has 3 N–H and O–H groups in total. The predicted octanol–water partition coefficient (Wildman–Crippen LogP) is 4.63. The Balaban J connectivity index is 1.29. The zero-order chi connectivity index (χ0) is 22.3. The Bertz CT molecular complexity index is 858. The summed E-state index contributed by atoms with van der Waals surface area (Å²) in [6.45, 7) is 3.62. The van der Waals surface area contributed by atoms with Gasteiger partial charge in [0.15, 0.2) is 0 Å². The third-order valence-corrected chi connectivity index (χ3v) is 8.86. The molecule has 2 fully saturated rings. The molecule has 0 unspecified atom stereocenters. The van der Waals surface area contributed by atoms with Crippen LogP contribution in [0.5, 0.6) is 5.75 Å². The van der Waals surface area contributed by atoms with Gasteiger partial charge in [0, 0.05) is 48.3 Å². The molecule has 0 bridgehead atoms. The highest BCUT2D eigenvalue weighted by atomic mass is 32.2. The number of rotatable bonds is 10. The summed E-state index contributed by atoms with van der Waals surface area (Å²) in [5.74, 6) is 2.98. The highest BCUT2D eigenvalue weighted by Crippen LogP contribution is 2.33. The molecule has 4 rings (SSSR count). The average molecular weight is 458 g/mol. The van der Waals surface area contributed by atoms with Crippen LogP contribution in [0.2, 0.25) is 0 Å². The molecule has 0 radical (unpaired) electrons. The van der Waals surface area contributed by atoms with Gasteiger partial charge in [-0.25, -0.2) is 0 Å². The summed E-state index contributed by atoms with van der Waals surface area (Å²) in [5, 5.41) is 12.0. The lowest BCUT2D eigenvalue weighted by Gasteiger charge is -2.38. The maximum Gasteiger partial charge on any atom is 0.119 e. The molecule has 1 aliphatic heterocycles. The maximum absolute atomic E-state index is 10.1. The van der Waals surface area contributed by atoms with E-state index in [1.807, 2.05) is 30.5 Å². The van der Waals surface area contributed by atoms with Gasteiger partial charge in [0.2, 0.25) is 0 Å². The van der Waals surface area contributed by atoms with Crippen molar-refractivity contribution in [2.75, 3.05) is 39.1 Å². The first-order chi connectivity index (χ1) is 15.7. The molecular weight excluding hydrogens is 418 g/mol. The van der Waals surface area contributed by atoms with Crippen molar-refractivity contribution in [1.29, 1.82) is 0 Å². The Morgan fingerprint density at radius 1 is 1.22 bits per heavy atom. The van der Waals surface area contributed by atoms with Gasteiger partial charge in [-0.05, 0) is 80.3 Å². The number of nitrogens with zero attached hydrogens (tertiary/aromatic N) is 2. The molecule has 2 aliphatic rings. The molecule has 2 aromatic rings. The second kappa shape index (κ2) is 11.7. The van der Waals surface area contributed by atoms with Gasteiger partial charge >= 0.3 is 0 Å². The minimum Gasteiger partial charge on any atom is -0.497 e. The van der Waals surface area contributed by atoms with Crippen LogP contribution >= 0.6 is 11.8 Å². The third-order valence-electron chi connectivity index (χ3n) is 7.50. The lowest BCUT2D eigenvalue weighted by molar-refractivity contribution is 0.0701. The predicted molar refractivity (Wildman–Crippen MR) is 134 cm³/mol. The molecule has 0 amide bonds. The fourth-order valence-electron chi connectivity index (χ4n) is 5.50. The quantitative estimate of drug-likeness (QED) is 0.542. The summed E-state index contributed by atoms with van der Waals surface area (Å²) in [7, 11) is 1.69. The Hall–Kier alpha value is -1.34. The lowest BCUT2D eigenvalue weighted by atomic mass is 9.81. The number of benzene rings is 1. The van der Waals surface area contributed by atoms with Crippen LogP contribution in [0.15, 0.2) is 30.5 Å². The number of hydrogen-bond donors (Lipinski definition) is 2. The largest absolute Gasteiger partial charge is 0.497 e. The smallest absolute Gasteiger partial charge is 0.119 e. The Morgan fingerprint density at radius 2 is 2.06 bits per heavy atom. The summed E-state index contributed by atoms with van der Waals surface area (Å²) in [6.07, 6.45) is 10.7. The van der Waals surface area contributed by atoms with Gasteiger partial charge in [-0.2, -0.15) is 11.8 Å². The van der Waals surface area contributed by atoms with Gasteiger partial charge in [-0.3, -0.25) is 4.98 Å². The first-order valence-electron chi connectivity index (χ1n) is 12.3. The van der Waals surface area contributed by atoms with Gasteiger partial charge in [0.1, 0.15) is 5.75 Å². The van der Waals surface area contributed by atoms with Crippen molar-refractivity contribution in [3.05, 3.63) is 36.0 Å². The van der Waals surface area contributed by atoms with E-state index >= 15 is 0 Å². The van der Waals surface area contributed by atoms with Crippen molar-refractivity contribution in [1.82, 2.24) is 9.88 Å². The SMILES string of the molecule is COc1ccc2nccc([C@@H](N)CC[C@@H]3CCN(CCSC4CCCC4)C[C@@H]3CO)c2c1. The van der Waals surface area contributed by atoms with Crippen molar-refractivity contribution in [3.63, 3.8) is 0 Å². The van der Waals surface area contributed by atoms with Crippen LogP contribution in [-0.2, 0) is 0 Å². The third kappa shape index (κ3) is 5.96. The number of thioether (sulfide) groups is 1. The van der Waals surface area contributed by atoms with Crippen LogP contribution in [0.25, 0.3) is 10.9 Å². The fraction of sp³-hybridized carbons (Fsp3) is 0.654. The zero-order valence-corrected chi connectivity index (χ0v) is 20.2. The lowest BCUT2D eigenvalue weighted by Crippen LogP contribution is -2.43. The molecule has 1 saturated carbocycles. The molecule has 0 spiro atoms. The number of methoxy groups -OCH3 is 1. The number of fused-ring (bicyclic) bond motifs is 1. The van der Waals surface area contributed by atoms with Crippen LogP contribution in [-0.4, -0.2) is 59.3 Å². The van der Waals surface area contributed by atoms with E-state index in [1.165, 1.54) is 31.4 Å². The van der Waals surface area contributed by atoms with E-state index in [2.05, 4.69) is 21.6 Å². The normalized spacial score (nSPS) is 23.6. The van der Waals surface area contributed by atoms with Gasteiger partial charge in [-0.1, -0.05) is 12.8 Å². The standard InChI is InChI=1S/C26H39N3O2S/c1-31-21-7-9-26-24(16-21)23(10-12-28-26)25(27)8-6-19-11-13-29(17-20(19)18-30)14-15-32-22-4-2-3-5-22/h7,9-10,12,16,19-20,22,25,30H,2-6,8,11,13-15,17-18,27H2,1H3/t19-,20-,25+/m1/s1.